The predicted octanol–water partition coefficient (Wildman–Crippen LogP) is 3.36. The highest BCUT2D eigenvalue weighted by Gasteiger charge is 2.33. The van der Waals surface area contributed by atoms with Crippen molar-refractivity contribution in [3.8, 4) is 0 Å². The van der Waals surface area contributed by atoms with Gasteiger partial charge in [-0.15, -0.1) is 0 Å². The number of carbonyl (C=O) groups excluding carboxylic acids is 1. The van der Waals surface area contributed by atoms with Gasteiger partial charge in [-0.2, -0.15) is 0 Å². The average Bonchev–Trinajstić information content (AvgIpc) is 2.57. The van der Waals surface area contributed by atoms with E-state index < -0.39 is 12.1 Å². The topological polar surface area (TPSA) is 69.6 Å². The van der Waals surface area contributed by atoms with Crippen LogP contribution in [0.2, 0.25) is 0 Å². The molecule has 1 aliphatic heterocycles. The minimum Gasteiger partial charge on any atom is -0.478 e. The lowest BCUT2D eigenvalue weighted by Crippen LogP contribution is -2.43. The normalized spacial score (nSPS) is 16.7. The fourth-order valence-electron chi connectivity index (χ4n) is 2.94. The van der Waals surface area contributed by atoms with E-state index >= 15 is 0 Å². The molecule has 1 atom stereocenters. The summed E-state index contributed by atoms with van der Waals surface area (Å²) in [5.41, 5.74) is 2.15. The Morgan fingerprint density at radius 3 is 2.61 bits per heavy atom. The molecule has 0 radical (unpaired) electrons. The molecule has 0 spiro atoms. The number of carboxylic acids is 1. The first kappa shape index (κ1) is 15.1. The lowest BCUT2D eigenvalue weighted by atomic mass is 9.99. The average molecular weight is 310 g/mol. The maximum atomic E-state index is 12.8. The molecule has 0 bridgehead atoms. The molecule has 0 saturated heterocycles. The predicted molar refractivity (Wildman–Crippen MR) is 87.5 cm³/mol. The van der Waals surface area contributed by atoms with E-state index in [1.807, 2.05) is 25.1 Å². The van der Waals surface area contributed by atoms with E-state index in [1.54, 1.807) is 35.2 Å². The molecule has 0 aromatic heterocycles. The van der Waals surface area contributed by atoms with Gasteiger partial charge in [-0.25, -0.2) is 4.79 Å². The minimum atomic E-state index is -0.995. The number of para-hydroxylation sites is 1. The van der Waals surface area contributed by atoms with E-state index in [0.29, 0.717) is 17.7 Å². The monoisotopic (exact) mass is 310 g/mol. The van der Waals surface area contributed by atoms with Crippen LogP contribution in [-0.4, -0.2) is 28.4 Å². The SMILES string of the molecule is CCCN1C(=O)c2ccccc2N[C@H]1c1ccccc1C(=O)O. The van der Waals surface area contributed by atoms with Crippen LogP contribution in [-0.2, 0) is 0 Å². The Balaban J connectivity index is 2.11. The van der Waals surface area contributed by atoms with E-state index in [0.717, 1.165) is 12.1 Å². The molecular formula is C18H18N2O3. The van der Waals surface area contributed by atoms with Gasteiger partial charge in [0.05, 0.1) is 11.1 Å². The highest BCUT2D eigenvalue weighted by molar-refractivity contribution is 6.02. The molecule has 5 nitrogen and oxygen atoms in total. The second-order valence-corrected chi connectivity index (χ2v) is 5.48. The van der Waals surface area contributed by atoms with Crippen LogP contribution in [0.3, 0.4) is 0 Å². The van der Waals surface area contributed by atoms with E-state index in [-0.39, 0.29) is 11.5 Å². The van der Waals surface area contributed by atoms with Crippen molar-refractivity contribution in [2.75, 3.05) is 11.9 Å². The van der Waals surface area contributed by atoms with Crippen molar-refractivity contribution in [1.82, 2.24) is 4.90 Å². The van der Waals surface area contributed by atoms with Gasteiger partial charge in [0.1, 0.15) is 6.17 Å². The zero-order valence-corrected chi connectivity index (χ0v) is 12.8. The molecule has 2 N–H and O–H groups in total. The van der Waals surface area contributed by atoms with Gasteiger partial charge in [-0.3, -0.25) is 4.79 Å². The van der Waals surface area contributed by atoms with Crippen molar-refractivity contribution >= 4 is 17.6 Å². The molecule has 3 rings (SSSR count). The number of nitrogens with zero attached hydrogens (tertiary/aromatic N) is 1. The smallest absolute Gasteiger partial charge is 0.336 e. The third-order valence-corrected chi connectivity index (χ3v) is 3.97. The number of carbonyl (C=O) groups is 2. The van der Waals surface area contributed by atoms with Crippen LogP contribution in [0, 0.1) is 0 Å². The van der Waals surface area contributed by atoms with E-state index in [9.17, 15) is 14.7 Å². The minimum absolute atomic E-state index is 0.0774. The molecule has 23 heavy (non-hydrogen) atoms. The highest BCUT2D eigenvalue weighted by atomic mass is 16.4. The van der Waals surface area contributed by atoms with Crippen LogP contribution in [0.1, 0.15) is 45.8 Å². The van der Waals surface area contributed by atoms with Gasteiger partial charge >= 0.3 is 5.97 Å². The van der Waals surface area contributed by atoms with Crippen molar-refractivity contribution in [1.29, 1.82) is 0 Å². The number of carboxylic acid groups (broad SMARTS) is 1. The van der Waals surface area contributed by atoms with Crippen molar-refractivity contribution in [2.45, 2.75) is 19.5 Å². The molecule has 0 aliphatic carbocycles. The van der Waals surface area contributed by atoms with Gasteiger partial charge in [0, 0.05) is 17.8 Å². The summed E-state index contributed by atoms with van der Waals surface area (Å²) in [6.45, 7) is 2.55. The number of anilines is 1. The second kappa shape index (κ2) is 6.12. The van der Waals surface area contributed by atoms with Crippen molar-refractivity contribution in [3.63, 3.8) is 0 Å². The Morgan fingerprint density at radius 2 is 1.87 bits per heavy atom. The number of hydrogen-bond donors (Lipinski definition) is 2. The lowest BCUT2D eigenvalue weighted by molar-refractivity contribution is 0.0654. The molecule has 1 amide bonds. The largest absolute Gasteiger partial charge is 0.478 e. The van der Waals surface area contributed by atoms with Crippen molar-refractivity contribution in [3.05, 3.63) is 65.2 Å². The van der Waals surface area contributed by atoms with Crippen LogP contribution < -0.4 is 5.32 Å². The zero-order chi connectivity index (χ0) is 16.4. The molecule has 1 aliphatic rings. The number of nitrogens with one attached hydrogen (secondary N) is 1. The van der Waals surface area contributed by atoms with Gasteiger partial charge in [-0.05, 0) is 24.6 Å². The maximum absolute atomic E-state index is 12.8. The van der Waals surface area contributed by atoms with Crippen molar-refractivity contribution in [2.24, 2.45) is 0 Å². The van der Waals surface area contributed by atoms with Gasteiger partial charge in [0.15, 0.2) is 0 Å². The summed E-state index contributed by atoms with van der Waals surface area (Å²) in [6, 6.07) is 14.1. The lowest BCUT2D eigenvalue weighted by Gasteiger charge is -2.38. The van der Waals surface area contributed by atoms with Gasteiger partial charge in [-0.1, -0.05) is 37.3 Å². The second-order valence-electron chi connectivity index (χ2n) is 5.48. The molecule has 2 aromatic carbocycles. The Hall–Kier alpha value is -2.82. The molecule has 1 heterocycles. The van der Waals surface area contributed by atoms with Crippen LogP contribution in [0.25, 0.3) is 0 Å². The van der Waals surface area contributed by atoms with Gasteiger partial charge in [0.25, 0.3) is 5.91 Å². The summed E-state index contributed by atoms with van der Waals surface area (Å²) >= 11 is 0. The number of rotatable bonds is 4. The van der Waals surface area contributed by atoms with Crippen LogP contribution in [0.5, 0.6) is 0 Å². The third kappa shape index (κ3) is 2.65. The fourth-order valence-corrected chi connectivity index (χ4v) is 2.94. The van der Waals surface area contributed by atoms with E-state index in [4.69, 9.17) is 0 Å². The molecular weight excluding hydrogens is 292 g/mol. The van der Waals surface area contributed by atoms with E-state index in [2.05, 4.69) is 5.32 Å². The first-order valence-corrected chi connectivity index (χ1v) is 7.62. The summed E-state index contributed by atoms with van der Waals surface area (Å²) in [6.07, 6.45) is 0.311. The van der Waals surface area contributed by atoms with Crippen LogP contribution in [0.4, 0.5) is 5.69 Å². The quantitative estimate of drug-likeness (QED) is 0.908. The number of hydrogen-bond acceptors (Lipinski definition) is 3. The summed E-state index contributed by atoms with van der Waals surface area (Å²) in [5, 5.41) is 12.8. The summed E-state index contributed by atoms with van der Waals surface area (Å²) in [5.74, 6) is -1.07. The Bertz CT molecular complexity index is 757. The number of fused-ring (bicyclic) bond motifs is 1. The zero-order valence-electron chi connectivity index (χ0n) is 12.8. The highest BCUT2D eigenvalue weighted by Crippen LogP contribution is 2.34. The summed E-state index contributed by atoms with van der Waals surface area (Å²) < 4.78 is 0. The number of amides is 1. The molecule has 0 unspecified atom stereocenters. The van der Waals surface area contributed by atoms with Gasteiger partial charge in [0.2, 0.25) is 0 Å². The number of aromatic carboxylic acids is 1. The maximum Gasteiger partial charge on any atom is 0.336 e. The first-order valence-electron chi connectivity index (χ1n) is 7.62. The molecule has 5 heteroatoms. The standard InChI is InChI=1S/C18H18N2O3/c1-2-11-20-16(12-7-3-4-8-13(12)18(22)23)19-15-10-6-5-9-14(15)17(20)21/h3-10,16,19H,2,11H2,1H3,(H,22,23)/t16-/m1/s1. The molecule has 118 valence electrons. The third-order valence-electron chi connectivity index (χ3n) is 3.97. The molecule has 0 saturated carbocycles. The molecule has 2 aromatic rings. The Labute approximate surface area is 134 Å². The summed E-state index contributed by atoms with van der Waals surface area (Å²) in [7, 11) is 0. The molecule has 0 fully saturated rings. The van der Waals surface area contributed by atoms with Gasteiger partial charge < -0.3 is 15.3 Å². The van der Waals surface area contributed by atoms with Crippen LogP contribution in [0.15, 0.2) is 48.5 Å². The summed E-state index contributed by atoms with van der Waals surface area (Å²) in [4.78, 5) is 26.0. The van der Waals surface area contributed by atoms with E-state index in [1.165, 1.54) is 0 Å². The first-order chi connectivity index (χ1) is 11.1. The van der Waals surface area contributed by atoms with Crippen LogP contribution >= 0.6 is 0 Å². The van der Waals surface area contributed by atoms with Crippen molar-refractivity contribution < 1.29 is 14.7 Å². The Kier molecular flexibility index (Phi) is 4.02. The Morgan fingerprint density at radius 1 is 1.17 bits per heavy atom. The number of benzene rings is 2. The fraction of sp³-hybridized carbons (Fsp3) is 0.222.